The van der Waals surface area contributed by atoms with Crippen LogP contribution in [0.15, 0.2) is 60.8 Å². The molecule has 0 amide bonds. The smallest absolute Gasteiger partial charge is 0.253 e. The minimum absolute atomic E-state index is 0.164. The molecule has 2 N–H and O–H groups in total. The van der Waals surface area contributed by atoms with Crippen LogP contribution < -0.4 is 5.73 Å². The molecule has 4 aromatic rings. The largest absolute Gasteiger partial charge is 0.385 e. The number of nitrogens with two attached hydrogens (primary N) is 1. The van der Waals surface area contributed by atoms with Gasteiger partial charge >= 0.3 is 0 Å². The van der Waals surface area contributed by atoms with E-state index in [0.29, 0.717) is 12.4 Å². The number of hydrogen-bond acceptors (Lipinski definition) is 5. The van der Waals surface area contributed by atoms with Crippen molar-refractivity contribution in [1.82, 2.24) is 19.6 Å². The van der Waals surface area contributed by atoms with E-state index in [9.17, 15) is 0 Å². The molecule has 1 fully saturated rings. The van der Waals surface area contributed by atoms with Crippen molar-refractivity contribution in [1.29, 1.82) is 0 Å². The molecule has 158 valence electrons. The van der Waals surface area contributed by atoms with Crippen molar-refractivity contribution in [2.45, 2.75) is 37.6 Å². The number of aromatic nitrogens is 4. The fourth-order valence-electron chi connectivity index (χ4n) is 4.20. The van der Waals surface area contributed by atoms with Crippen molar-refractivity contribution in [3.63, 3.8) is 0 Å². The number of nitrogens with zero attached hydrogens (tertiary/aromatic N) is 4. The van der Waals surface area contributed by atoms with Gasteiger partial charge in [-0.3, -0.25) is 0 Å². The first-order chi connectivity index (χ1) is 15.2. The fourth-order valence-corrected chi connectivity index (χ4v) is 4.20. The van der Waals surface area contributed by atoms with Crippen LogP contribution in [0.2, 0.25) is 0 Å². The zero-order valence-electron chi connectivity index (χ0n) is 17.8. The summed E-state index contributed by atoms with van der Waals surface area (Å²) in [5.74, 6) is 1.39. The Hall–Kier alpha value is -3.09. The van der Waals surface area contributed by atoms with Gasteiger partial charge in [-0.05, 0) is 36.8 Å². The van der Waals surface area contributed by atoms with Gasteiger partial charge in [0.1, 0.15) is 0 Å². The van der Waals surface area contributed by atoms with Crippen molar-refractivity contribution in [3.05, 3.63) is 72.2 Å². The molecular formula is C25H27N5O. The standard InChI is InChI=1S/C25H27N5O/c1-31-16-5-9-22-27-24-28-23(19-10-12-20(13-11-19)25(26)14-6-15-25)21(17-30(24)29-22)18-7-3-2-4-8-18/h2-4,7-8,10-13,17H,5-6,9,14-16,26H2,1H3. The Kier molecular flexibility index (Phi) is 5.26. The Morgan fingerprint density at radius 2 is 1.77 bits per heavy atom. The molecule has 0 aliphatic heterocycles. The normalized spacial score (nSPS) is 15.2. The number of hydrogen-bond donors (Lipinski definition) is 1. The zero-order chi connectivity index (χ0) is 21.3. The van der Waals surface area contributed by atoms with Gasteiger partial charge in [0.2, 0.25) is 0 Å². The van der Waals surface area contributed by atoms with Gasteiger partial charge in [-0.15, -0.1) is 5.10 Å². The molecule has 5 rings (SSSR count). The second-order valence-corrected chi connectivity index (χ2v) is 8.33. The Labute approximate surface area is 182 Å². The number of benzene rings is 2. The average Bonchev–Trinajstić information content (AvgIpc) is 3.19. The molecule has 0 bridgehead atoms. The van der Waals surface area contributed by atoms with E-state index < -0.39 is 0 Å². The molecular weight excluding hydrogens is 386 g/mol. The van der Waals surface area contributed by atoms with Crippen LogP contribution in [0.4, 0.5) is 0 Å². The molecule has 2 aromatic heterocycles. The molecule has 2 heterocycles. The predicted octanol–water partition coefficient (Wildman–Crippen LogP) is 4.38. The highest BCUT2D eigenvalue weighted by Crippen LogP contribution is 2.39. The molecule has 6 heteroatoms. The molecule has 0 unspecified atom stereocenters. The van der Waals surface area contributed by atoms with Gasteiger partial charge in [0.15, 0.2) is 5.82 Å². The predicted molar refractivity (Wildman–Crippen MR) is 122 cm³/mol. The number of methoxy groups -OCH3 is 1. The lowest BCUT2D eigenvalue weighted by Crippen LogP contribution is -2.43. The third kappa shape index (κ3) is 3.84. The van der Waals surface area contributed by atoms with Gasteiger partial charge in [-0.1, -0.05) is 54.6 Å². The van der Waals surface area contributed by atoms with Gasteiger partial charge in [-0.2, -0.15) is 4.98 Å². The summed E-state index contributed by atoms with van der Waals surface area (Å²) in [7, 11) is 1.71. The summed E-state index contributed by atoms with van der Waals surface area (Å²) in [6.07, 6.45) is 6.99. The van der Waals surface area contributed by atoms with E-state index >= 15 is 0 Å². The summed E-state index contributed by atoms with van der Waals surface area (Å²) in [6.45, 7) is 0.693. The van der Waals surface area contributed by atoms with Crippen LogP contribution in [0, 0.1) is 0 Å². The van der Waals surface area contributed by atoms with E-state index in [1.165, 1.54) is 12.0 Å². The van der Waals surface area contributed by atoms with Crippen molar-refractivity contribution >= 4 is 5.78 Å². The van der Waals surface area contributed by atoms with Crippen LogP contribution in [-0.2, 0) is 16.7 Å². The van der Waals surface area contributed by atoms with E-state index in [4.69, 9.17) is 15.5 Å². The Balaban J connectivity index is 1.57. The number of aryl methyl sites for hydroxylation is 1. The molecule has 0 spiro atoms. The monoisotopic (exact) mass is 413 g/mol. The lowest BCUT2D eigenvalue weighted by Gasteiger charge is -2.38. The first-order valence-electron chi connectivity index (χ1n) is 10.9. The van der Waals surface area contributed by atoms with E-state index in [1.807, 2.05) is 24.4 Å². The molecule has 0 radical (unpaired) electrons. The van der Waals surface area contributed by atoms with Crippen LogP contribution in [0.3, 0.4) is 0 Å². The van der Waals surface area contributed by atoms with Gasteiger partial charge in [0.05, 0.1) is 5.69 Å². The average molecular weight is 414 g/mol. The second kappa shape index (κ2) is 8.21. The van der Waals surface area contributed by atoms with Gasteiger partial charge < -0.3 is 10.5 Å². The minimum Gasteiger partial charge on any atom is -0.385 e. The lowest BCUT2D eigenvalue weighted by atomic mass is 9.72. The maximum absolute atomic E-state index is 6.51. The van der Waals surface area contributed by atoms with Gasteiger partial charge in [-0.25, -0.2) is 9.50 Å². The highest BCUT2D eigenvalue weighted by Gasteiger charge is 2.34. The van der Waals surface area contributed by atoms with Crippen LogP contribution in [0.5, 0.6) is 0 Å². The first kappa shape index (κ1) is 19.8. The Morgan fingerprint density at radius 1 is 1.00 bits per heavy atom. The second-order valence-electron chi connectivity index (χ2n) is 8.33. The molecule has 1 saturated carbocycles. The summed E-state index contributed by atoms with van der Waals surface area (Å²) in [4.78, 5) is 9.57. The molecule has 2 aromatic carbocycles. The van der Waals surface area contributed by atoms with E-state index in [-0.39, 0.29) is 5.54 Å². The fraction of sp³-hybridized carbons (Fsp3) is 0.320. The highest BCUT2D eigenvalue weighted by atomic mass is 16.5. The van der Waals surface area contributed by atoms with Gasteiger partial charge in [0.25, 0.3) is 5.78 Å². The molecule has 31 heavy (non-hydrogen) atoms. The third-order valence-electron chi connectivity index (χ3n) is 6.19. The first-order valence-corrected chi connectivity index (χ1v) is 10.9. The highest BCUT2D eigenvalue weighted by molar-refractivity contribution is 5.81. The minimum atomic E-state index is -0.164. The maximum Gasteiger partial charge on any atom is 0.253 e. The van der Waals surface area contributed by atoms with Crippen molar-refractivity contribution in [3.8, 4) is 22.4 Å². The Morgan fingerprint density at radius 3 is 2.45 bits per heavy atom. The quantitative estimate of drug-likeness (QED) is 0.455. The topological polar surface area (TPSA) is 78.3 Å². The Bertz CT molecular complexity index is 1180. The summed E-state index contributed by atoms with van der Waals surface area (Å²) in [6, 6.07) is 18.8. The maximum atomic E-state index is 6.51. The summed E-state index contributed by atoms with van der Waals surface area (Å²) in [5.41, 5.74) is 11.6. The van der Waals surface area contributed by atoms with Crippen LogP contribution in [-0.4, -0.2) is 33.3 Å². The SMILES string of the molecule is COCCCc1nc2nc(-c3ccc(C4(N)CCC4)cc3)c(-c3ccccc3)cn2n1. The van der Waals surface area contributed by atoms with E-state index in [2.05, 4.69) is 46.5 Å². The van der Waals surface area contributed by atoms with Crippen molar-refractivity contribution < 1.29 is 4.74 Å². The van der Waals surface area contributed by atoms with Crippen LogP contribution >= 0.6 is 0 Å². The van der Waals surface area contributed by atoms with E-state index in [1.54, 1.807) is 11.6 Å². The zero-order valence-corrected chi connectivity index (χ0v) is 17.8. The molecule has 1 aliphatic rings. The van der Waals surface area contributed by atoms with Crippen molar-refractivity contribution in [2.24, 2.45) is 5.73 Å². The van der Waals surface area contributed by atoms with Crippen LogP contribution in [0.1, 0.15) is 37.1 Å². The van der Waals surface area contributed by atoms with Gasteiger partial charge in [0, 0.05) is 43.0 Å². The summed E-state index contributed by atoms with van der Waals surface area (Å²) < 4.78 is 6.93. The third-order valence-corrected chi connectivity index (χ3v) is 6.19. The molecule has 6 nitrogen and oxygen atoms in total. The van der Waals surface area contributed by atoms with Crippen LogP contribution in [0.25, 0.3) is 28.2 Å². The molecule has 0 saturated heterocycles. The number of rotatable bonds is 7. The van der Waals surface area contributed by atoms with Crippen molar-refractivity contribution in [2.75, 3.05) is 13.7 Å². The molecule has 1 aliphatic carbocycles. The number of fused-ring (bicyclic) bond motifs is 1. The van der Waals surface area contributed by atoms with E-state index in [0.717, 1.165) is 53.9 Å². The molecule has 0 atom stereocenters. The summed E-state index contributed by atoms with van der Waals surface area (Å²) >= 11 is 0. The summed E-state index contributed by atoms with van der Waals surface area (Å²) in [5, 5.41) is 4.64. The number of ether oxygens (including phenoxy) is 1. The lowest BCUT2D eigenvalue weighted by molar-refractivity contribution is 0.194.